The van der Waals surface area contributed by atoms with Gasteiger partial charge < -0.3 is 14.4 Å². The van der Waals surface area contributed by atoms with E-state index in [2.05, 4.69) is 378 Å². The van der Waals surface area contributed by atoms with Gasteiger partial charge >= 0.3 is 0 Å². The first-order valence-corrected chi connectivity index (χ1v) is 35.3. The third-order valence-electron chi connectivity index (χ3n) is 19.2. The van der Waals surface area contributed by atoms with Crippen molar-refractivity contribution in [3.05, 3.63) is 364 Å². The first kappa shape index (κ1) is 53.2. The maximum atomic E-state index is 2.64. The summed E-state index contributed by atoms with van der Waals surface area (Å²) in [6.07, 6.45) is 0. The van der Waals surface area contributed by atoms with Crippen LogP contribution < -0.4 is 67.7 Å². The van der Waals surface area contributed by atoms with E-state index in [0.717, 1.165) is 45.0 Å². The zero-order valence-electron chi connectivity index (χ0n) is 49.6. The molecule has 0 N–H and O–H groups in total. The van der Waals surface area contributed by atoms with Gasteiger partial charge in [-0.25, -0.2) is 0 Å². The van der Waals surface area contributed by atoms with Crippen LogP contribution in [0.15, 0.2) is 364 Å². The van der Waals surface area contributed by atoms with Crippen molar-refractivity contribution in [2.24, 2.45) is 0 Å². The molecule has 0 saturated carbocycles. The van der Waals surface area contributed by atoms with Crippen molar-refractivity contribution in [2.45, 2.75) is 0 Å². The number of para-hydroxylation sites is 3. The minimum atomic E-state index is -3.08. The minimum absolute atomic E-state index is 0.175. The van der Waals surface area contributed by atoms with E-state index in [1.54, 1.807) is 0 Å². The molecule has 2 aliphatic heterocycles. The molecular formula is C84H60BN3Si2. The van der Waals surface area contributed by atoms with E-state index in [1.807, 2.05) is 0 Å². The summed E-state index contributed by atoms with van der Waals surface area (Å²) in [7, 11) is -6.12. The molecule has 3 heterocycles. The molecule has 17 rings (SSSR count). The first-order chi connectivity index (χ1) is 44.7. The molecule has 0 bridgehead atoms. The number of aromatic nitrogens is 1. The van der Waals surface area contributed by atoms with Crippen molar-refractivity contribution in [1.29, 1.82) is 0 Å². The summed E-state index contributed by atoms with van der Waals surface area (Å²) in [5, 5.41) is 13.1. The van der Waals surface area contributed by atoms with Crippen molar-refractivity contribution in [3.8, 4) is 16.8 Å². The van der Waals surface area contributed by atoms with Crippen LogP contribution in [0.5, 0.6) is 0 Å². The number of anilines is 6. The molecule has 0 amide bonds. The van der Waals surface area contributed by atoms with Gasteiger partial charge in [0.05, 0.1) is 16.7 Å². The molecule has 2 aliphatic rings. The second kappa shape index (κ2) is 22.0. The Balaban J connectivity index is 1.03. The molecule has 0 fully saturated rings. The summed E-state index contributed by atoms with van der Waals surface area (Å²) >= 11 is 0. The Kier molecular flexibility index (Phi) is 13.0. The molecule has 0 aliphatic carbocycles. The topological polar surface area (TPSA) is 11.4 Å². The van der Waals surface area contributed by atoms with E-state index in [4.69, 9.17) is 0 Å². The Morgan fingerprint density at radius 2 is 0.556 bits per heavy atom. The maximum Gasteiger partial charge on any atom is 0.252 e. The zero-order chi connectivity index (χ0) is 59.6. The number of fused-ring (bicyclic) bond motifs is 7. The Labute approximate surface area is 528 Å². The summed E-state index contributed by atoms with van der Waals surface area (Å²) in [4.78, 5) is 5.25. The van der Waals surface area contributed by atoms with Crippen LogP contribution in [0.25, 0.3) is 38.6 Å². The predicted molar refractivity (Wildman–Crippen MR) is 387 cm³/mol. The minimum Gasteiger partial charge on any atom is -0.311 e. The highest BCUT2D eigenvalue weighted by Gasteiger charge is 2.49. The highest BCUT2D eigenvalue weighted by molar-refractivity contribution is 7.20. The molecular weight excluding hydrogens is 1120 g/mol. The lowest BCUT2D eigenvalue weighted by atomic mass is 9.33. The number of benzene rings is 14. The van der Waals surface area contributed by atoms with Gasteiger partial charge in [-0.15, -0.1) is 0 Å². The third kappa shape index (κ3) is 8.33. The molecule has 90 heavy (non-hydrogen) atoms. The fraction of sp³-hybridized carbons (Fsp3) is 0. The predicted octanol–water partition coefficient (Wildman–Crippen LogP) is 13.3. The van der Waals surface area contributed by atoms with Crippen LogP contribution in [-0.2, 0) is 0 Å². The normalized spacial score (nSPS) is 12.6. The van der Waals surface area contributed by atoms with Gasteiger partial charge in [0, 0.05) is 44.9 Å². The molecule has 0 spiro atoms. The second-order valence-electron chi connectivity index (χ2n) is 23.9. The van der Waals surface area contributed by atoms with Gasteiger partial charge in [-0.2, -0.15) is 0 Å². The van der Waals surface area contributed by atoms with E-state index in [1.165, 1.54) is 85.6 Å². The molecule has 0 saturated heterocycles. The second-order valence-corrected chi connectivity index (χ2v) is 31.5. The number of rotatable bonds is 12. The highest BCUT2D eigenvalue weighted by Crippen LogP contribution is 2.47. The lowest BCUT2D eigenvalue weighted by Gasteiger charge is -2.46. The monoisotopic (exact) mass is 1180 g/mol. The SMILES string of the molecule is c1ccc(-c2cccc(N3c4cc([Si](c5ccccc5)(c5ccccc5)c5ccccc5)ccc4B4c5ccc([Si](c6ccccc6)(c6ccccc6)c6ccccc6)cc5N(c5ccccc5)c5cc(-n6c7ccccc7c7ccccc76)cc3c54)c2)cc1. The van der Waals surface area contributed by atoms with Gasteiger partial charge in [0.1, 0.15) is 0 Å². The number of hydrogen-bond donors (Lipinski definition) is 0. The van der Waals surface area contributed by atoms with Gasteiger partial charge in [0.15, 0.2) is 16.1 Å². The standard InChI is InChI=1S/C84H60BN3Si2/c1-9-30-61(31-10-1)62-32-29-35-64(56-62)87-81-60-73(90(69-42-19-6-20-43-69,70-44-21-7-22-45-70)71-46-23-8-24-47-71)53-55-77(81)85-76-54-52-72(89(66-36-13-3-14-37-66,67-38-15-4-16-39-67)68-40-17-5-18-41-68)59-80(76)86(63-33-11-2-12-34-63)82-57-65(58-83(87)84(82)85)88-78-50-27-25-48-74(78)75-49-26-28-51-79(75)88/h1-60H. The molecule has 1 aromatic heterocycles. The van der Waals surface area contributed by atoms with Crippen LogP contribution in [-0.4, -0.2) is 27.4 Å². The van der Waals surface area contributed by atoms with Crippen LogP contribution in [0.1, 0.15) is 0 Å². The molecule has 422 valence electrons. The molecule has 0 atom stereocenters. The van der Waals surface area contributed by atoms with E-state index < -0.39 is 16.1 Å². The Hall–Kier alpha value is -11.0. The van der Waals surface area contributed by atoms with Crippen molar-refractivity contribution >= 4 is 137 Å². The number of nitrogens with zero attached hydrogens (tertiary/aromatic N) is 3. The van der Waals surface area contributed by atoms with E-state index in [0.29, 0.717) is 0 Å². The zero-order valence-corrected chi connectivity index (χ0v) is 51.6. The molecule has 6 heteroatoms. The molecule has 15 aromatic rings. The average Bonchev–Trinajstić information content (AvgIpc) is 0.802. The van der Waals surface area contributed by atoms with Crippen LogP contribution in [0.3, 0.4) is 0 Å². The van der Waals surface area contributed by atoms with E-state index in [9.17, 15) is 0 Å². The summed E-state index contributed by atoms with van der Waals surface area (Å²) in [5.74, 6) is 0. The largest absolute Gasteiger partial charge is 0.311 e. The van der Waals surface area contributed by atoms with Crippen LogP contribution in [0, 0.1) is 0 Å². The molecule has 0 unspecified atom stereocenters. The smallest absolute Gasteiger partial charge is 0.252 e. The lowest BCUT2D eigenvalue weighted by molar-refractivity contribution is 1.16. The Morgan fingerprint density at radius 1 is 0.222 bits per heavy atom. The van der Waals surface area contributed by atoms with Crippen LogP contribution in [0.2, 0.25) is 0 Å². The fourth-order valence-corrected chi connectivity index (χ4v) is 25.0. The maximum absolute atomic E-state index is 3.08. The molecule has 3 nitrogen and oxygen atoms in total. The van der Waals surface area contributed by atoms with Crippen LogP contribution in [0.4, 0.5) is 34.1 Å². The summed E-state index contributed by atoms with van der Waals surface area (Å²) < 4.78 is 2.52. The average molecular weight is 1180 g/mol. The van der Waals surface area contributed by atoms with Gasteiger partial charge in [0.2, 0.25) is 0 Å². The quantitative estimate of drug-likeness (QED) is 0.0892. The molecule has 0 radical (unpaired) electrons. The Morgan fingerprint density at radius 3 is 0.967 bits per heavy atom. The van der Waals surface area contributed by atoms with Crippen molar-refractivity contribution in [2.75, 3.05) is 9.80 Å². The number of hydrogen-bond acceptors (Lipinski definition) is 2. The molecule has 14 aromatic carbocycles. The van der Waals surface area contributed by atoms with Crippen molar-refractivity contribution in [1.82, 2.24) is 4.57 Å². The third-order valence-corrected chi connectivity index (χ3v) is 28.8. The lowest BCUT2D eigenvalue weighted by Crippen LogP contribution is -2.75. The fourth-order valence-electron chi connectivity index (χ4n) is 15.5. The van der Waals surface area contributed by atoms with Crippen molar-refractivity contribution in [3.63, 3.8) is 0 Å². The highest BCUT2D eigenvalue weighted by atomic mass is 28.3. The van der Waals surface area contributed by atoms with Gasteiger partial charge in [-0.1, -0.05) is 303 Å². The van der Waals surface area contributed by atoms with E-state index in [-0.39, 0.29) is 6.71 Å². The first-order valence-electron chi connectivity index (χ1n) is 31.3. The van der Waals surface area contributed by atoms with Gasteiger partial charge in [-0.05, 0) is 130 Å². The van der Waals surface area contributed by atoms with Gasteiger partial charge in [-0.3, -0.25) is 0 Å². The van der Waals surface area contributed by atoms with E-state index >= 15 is 0 Å². The van der Waals surface area contributed by atoms with Gasteiger partial charge in [0.25, 0.3) is 6.71 Å². The Bertz CT molecular complexity index is 4880. The van der Waals surface area contributed by atoms with Crippen molar-refractivity contribution < 1.29 is 0 Å². The summed E-state index contributed by atoms with van der Waals surface area (Å²) in [5.41, 5.74) is 16.4. The van der Waals surface area contributed by atoms with Crippen LogP contribution >= 0.6 is 0 Å². The summed E-state index contributed by atoms with van der Waals surface area (Å²) in [6.45, 7) is -0.175. The summed E-state index contributed by atoms with van der Waals surface area (Å²) in [6, 6.07) is 138.